The minimum absolute atomic E-state index is 0.0460. The van der Waals surface area contributed by atoms with Crippen molar-refractivity contribution in [3.8, 4) is 0 Å². The van der Waals surface area contributed by atoms with Crippen molar-refractivity contribution < 1.29 is 14.3 Å². The Morgan fingerprint density at radius 2 is 1.82 bits per heavy atom. The lowest BCUT2D eigenvalue weighted by Crippen LogP contribution is -2.38. The van der Waals surface area contributed by atoms with Crippen LogP contribution in [0.3, 0.4) is 0 Å². The van der Waals surface area contributed by atoms with Crippen LogP contribution < -0.4 is 11.1 Å². The normalized spacial score (nSPS) is 12.8. The van der Waals surface area contributed by atoms with Crippen LogP contribution in [-0.4, -0.2) is 38.0 Å². The molecule has 17 heavy (non-hydrogen) atoms. The van der Waals surface area contributed by atoms with Crippen LogP contribution in [0.4, 0.5) is 0 Å². The molecule has 0 spiro atoms. The van der Waals surface area contributed by atoms with Gasteiger partial charge >= 0.3 is 0 Å². The molecule has 0 aromatic carbocycles. The molecule has 0 radical (unpaired) electrons. The summed E-state index contributed by atoms with van der Waals surface area (Å²) in [6.07, 6.45) is 1.86. The SMILES string of the molecule is CCCC(N)CC(=O)NCC(OCC)OCC. The molecule has 0 heterocycles. The molecule has 0 bridgehead atoms. The average molecular weight is 246 g/mol. The monoisotopic (exact) mass is 246 g/mol. The molecule has 5 nitrogen and oxygen atoms in total. The number of carbonyl (C=O) groups excluding carboxylic acids is 1. The van der Waals surface area contributed by atoms with Crippen LogP contribution in [0.15, 0.2) is 0 Å². The summed E-state index contributed by atoms with van der Waals surface area (Å²) >= 11 is 0. The maximum atomic E-state index is 11.5. The number of hydrogen-bond acceptors (Lipinski definition) is 4. The van der Waals surface area contributed by atoms with Crippen molar-refractivity contribution in [2.24, 2.45) is 5.73 Å². The fourth-order valence-corrected chi connectivity index (χ4v) is 1.52. The summed E-state index contributed by atoms with van der Waals surface area (Å²) in [7, 11) is 0. The molecule has 1 amide bonds. The highest BCUT2D eigenvalue weighted by Crippen LogP contribution is 1.99. The molecule has 0 aliphatic rings. The van der Waals surface area contributed by atoms with E-state index in [-0.39, 0.29) is 18.2 Å². The summed E-state index contributed by atoms with van der Waals surface area (Å²) < 4.78 is 10.6. The average Bonchev–Trinajstić information content (AvgIpc) is 2.27. The standard InChI is InChI=1S/C12H26N2O3/c1-4-7-10(13)8-11(15)14-9-12(16-5-2)17-6-3/h10,12H,4-9,13H2,1-3H3,(H,14,15). The van der Waals surface area contributed by atoms with Crippen molar-refractivity contribution in [3.05, 3.63) is 0 Å². The zero-order chi connectivity index (χ0) is 13.1. The minimum atomic E-state index is -0.364. The Hall–Kier alpha value is -0.650. The fraction of sp³-hybridized carbons (Fsp3) is 0.917. The van der Waals surface area contributed by atoms with E-state index in [0.29, 0.717) is 26.2 Å². The van der Waals surface area contributed by atoms with Crippen molar-refractivity contribution in [3.63, 3.8) is 0 Å². The first-order valence-electron chi connectivity index (χ1n) is 6.39. The third-order valence-corrected chi connectivity index (χ3v) is 2.28. The Morgan fingerprint density at radius 3 is 2.29 bits per heavy atom. The zero-order valence-corrected chi connectivity index (χ0v) is 11.2. The van der Waals surface area contributed by atoms with Gasteiger partial charge in [-0.1, -0.05) is 13.3 Å². The number of ether oxygens (including phenoxy) is 2. The van der Waals surface area contributed by atoms with Crippen LogP contribution in [0.2, 0.25) is 0 Å². The molecule has 0 saturated heterocycles. The molecule has 0 aromatic heterocycles. The van der Waals surface area contributed by atoms with Gasteiger partial charge in [-0.25, -0.2) is 0 Å². The van der Waals surface area contributed by atoms with Crippen LogP contribution in [0.25, 0.3) is 0 Å². The van der Waals surface area contributed by atoms with Gasteiger partial charge in [-0.2, -0.15) is 0 Å². The van der Waals surface area contributed by atoms with Gasteiger partial charge in [-0.3, -0.25) is 4.79 Å². The van der Waals surface area contributed by atoms with E-state index in [4.69, 9.17) is 15.2 Å². The lowest BCUT2D eigenvalue weighted by atomic mass is 10.1. The number of rotatable bonds is 10. The van der Waals surface area contributed by atoms with Crippen molar-refractivity contribution in [1.29, 1.82) is 0 Å². The molecule has 5 heteroatoms. The number of hydrogen-bond donors (Lipinski definition) is 2. The van der Waals surface area contributed by atoms with Gasteiger partial charge in [0.15, 0.2) is 6.29 Å². The van der Waals surface area contributed by atoms with E-state index in [2.05, 4.69) is 12.2 Å². The maximum absolute atomic E-state index is 11.5. The highest BCUT2D eigenvalue weighted by Gasteiger charge is 2.12. The Kier molecular flexibility index (Phi) is 10.1. The van der Waals surface area contributed by atoms with Crippen LogP contribution in [0, 0.1) is 0 Å². The predicted molar refractivity (Wildman–Crippen MR) is 67.6 cm³/mol. The van der Waals surface area contributed by atoms with Crippen molar-refractivity contribution in [2.75, 3.05) is 19.8 Å². The zero-order valence-electron chi connectivity index (χ0n) is 11.2. The second kappa shape index (κ2) is 10.5. The van der Waals surface area contributed by atoms with Crippen molar-refractivity contribution in [2.45, 2.75) is 52.4 Å². The lowest BCUT2D eigenvalue weighted by molar-refractivity contribution is -0.140. The molecule has 0 aliphatic carbocycles. The number of carbonyl (C=O) groups is 1. The van der Waals surface area contributed by atoms with Gasteiger partial charge < -0.3 is 20.5 Å². The smallest absolute Gasteiger partial charge is 0.221 e. The third-order valence-electron chi connectivity index (χ3n) is 2.28. The first-order valence-corrected chi connectivity index (χ1v) is 6.39. The Bertz CT molecular complexity index is 194. The van der Waals surface area contributed by atoms with E-state index in [9.17, 15) is 4.79 Å². The second-order valence-electron chi connectivity index (χ2n) is 3.90. The fourth-order valence-electron chi connectivity index (χ4n) is 1.52. The quantitative estimate of drug-likeness (QED) is 0.564. The van der Waals surface area contributed by atoms with Gasteiger partial charge in [0, 0.05) is 25.7 Å². The number of amides is 1. The molecule has 1 unspecified atom stereocenters. The van der Waals surface area contributed by atoms with Crippen LogP contribution in [0.5, 0.6) is 0 Å². The molecule has 3 N–H and O–H groups in total. The Morgan fingerprint density at radius 1 is 1.24 bits per heavy atom. The first-order chi connectivity index (χ1) is 8.13. The van der Waals surface area contributed by atoms with Gasteiger partial charge in [-0.15, -0.1) is 0 Å². The minimum Gasteiger partial charge on any atom is -0.351 e. The van der Waals surface area contributed by atoms with Crippen molar-refractivity contribution >= 4 is 5.91 Å². The number of nitrogens with one attached hydrogen (secondary N) is 1. The predicted octanol–water partition coefficient (Wildman–Crippen LogP) is 1.02. The van der Waals surface area contributed by atoms with Gasteiger partial charge in [0.2, 0.25) is 5.91 Å². The summed E-state index contributed by atoms with van der Waals surface area (Å²) in [6, 6.07) is -0.0577. The summed E-state index contributed by atoms with van der Waals surface area (Å²) in [5.41, 5.74) is 5.79. The Balaban J connectivity index is 3.78. The lowest BCUT2D eigenvalue weighted by Gasteiger charge is -2.18. The molecule has 0 rings (SSSR count). The second-order valence-corrected chi connectivity index (χ2v) is 3.90. The molecule has 0 fully saturated rings. The highest BCUT2D eigenvalue weighted by molar-refractivity contribution is 5.76. The van der Waals surface area contributed by atoms with Crippen LogP contribution in [-0.2, 0) is 14.3 Å². The molecular formula is C12H26N2O3. The topological polar surface area (TPSA) is 73.6 Å². The highest BCUT2D eigenvalue weighted by atomic mass is 16.7. The summed E-state index contributed by atoms with van der Waals surface area (Å²) in [6.45, 7) is 7.35. The van der Waals surface area contributed by atoms with E-state index in [0.717, 1.165) is 12.8 Å². The summed E-state index contributed by atoms with van der Waals surface area (Å²) in [4.78, 5) is 11.5. The Labute approximate surface area is 104 Å². The van der Waals surface area contributed by atoms with E-state index >= 15 is 0 Å². The molecule has 1 atom stereocenters. The van der Waals surface area contributed by atoms with E-state index in [1.807, 2.05) is 13.8 Å². The van der Waals surface area contributed by atoms with Gasteiger partial charge in [0.25, 0.3) is 0 Å². The maximum Gasteiger partial charge on any atom is 0.221 e. The molecule has 0 aromatic rings. The van der Waals surface area contributed by atoms with Crippen LogP contribution in [0.1, 0.15) is 40.0 Å². The van der Waals surface area contributed by atoms with Crippen LogP contribution >= 0.6 is 0 Å². The molecule has 102 valence electrons. The first kappa shape index (κ1) is 16.4. The van der Waals surface area contributed by atoms with Gasteiger partial charge in [0.1, 0.15) is 0 Å². The third kappa shape index (κ3) is 9.09. The largest absolute Gasteiger partial charge is 0.351 e. The van der Waals surface area contributed by atoms with Crippen molar-refractivity contribution in [1.82, 2.24) is 5.32 Å². The summed E-state index contributed by atoms with van der Waals surface area (Å²) in [5.74, 6) is -0.0460. The molecule has 0 saturated carbocycles. The molecular weight excluding hydrogens is 220 g/mol. The van der Waals surface area contributed by atoms with E-state index in [1.165, 1.54) is 0 Å². The number of nitrogens with two attached hydrogens (primary N) is 1. The van der Waals surface area contributed by atoms with Gasteiger partial charge in [0.05, 0.1) is 6.54 Å². The summed E-state index contributed by atoms with van der Waals surface area (Å²) in [5, 5.41) is 2.77. The molecule has 0 aliphatic heterocycles. The van der Waals surface area contributed by atoms with Gasteiger partial charge in [-0.05, 0) is 20.3 Å². The van der Waals surface area contributed by atoms with E-state index in [1.54, 1.807) is 0 Å². The van der Waals surface area contributed by atoms with E-state index < -0.39 is 0 Å².